The fourth-order valence-electron chi connectivity index (χ4n) is 2.45. The van der Waals surface area contributed by atoms with Gasteiger partial charge in [0, 0.05) is 6.92 Å². The van der Waals surface area contributed by atoms with Crippen molar-refractivity contribution in [3.63, 3.8) is 0 Å². The van der Waals surface area contributed by atoms with Gasteiger partial charge in [-0.2, -0.15) is 9.78 Å². The van der Waals surface area contributed by atoms with Crippen molar-refractivity contribution in [1.29, 1.82) is 0 Å². The third-order valence-electron chi connectivity index (χ3n) is 3.80. The molecule has 0 radical (unpaired) electrons. The Kier molecular flexibility index (Phi) is 6.11. The highest BCUT2D eigenvalue weighted by atomic mass is 35.5. The van der Waals surface area contributed by atoms with Gasteiger partial charge in [0.15, 0.2) is 0 Å². The molecule has 0 bridgehead atoms. The van der Waals surface area contributed by atoms with Crippen LogP contribution in [0.25, 0.3) is 5.69 Å². The molecule has 30 heavy (non-hydrogen) atoms. The van der Waals surface area contributed by atoms with E-state index >= 15 is 0 Å². The molecule has 0 aliphatic heterocycles. The number of nitrogens with one attached hydrogen (secondary N) is 2. The summed E-state index contributed by atoms with van der Waals surface area (Å²) in [5.74, 6) is -1.22. The lowest BCUT2D eigenvalue weighted by molar-refractivity contribution is -0.114. The van der Waals surface area contributed by atoms with Gasteiger partial charge in [-0.1, -0.05) is 23.2 Å². The summed E-state index contributed by atoms with van der Waals surface area (Å²) in [6, 6.07) is 8.63. The van der Waals surface area contributed by atoms with Gasteiger partial charge in [0.2, 0.25) is 5.91 Å². The SMILES string of the molecule is CC(=O)Nc1cc(NS(=O)(=O)c2ccc(-n3ncc(Cl)c(Cl)c3=O)cc2)ccc1F. The van der Waals surface area contributed by atoms with Crippen LogP contribution in [0.5, 0.6) is 0 Å². The van der Waals surface area contributed by atoms with Crippen LogP contribution in [0, 0.1) is 5.82 Å². The Balaban J connectivity index is 1.88. The molecule has 1 aromatic heterocycles. The van der Waals surface area contributed by atoms with E-state index in [-0.39, 0.29) is 32.0 Å². The summed E-state index contributed by atoms with van der Waals surface area (Å²) in [5.41, 5.74) is -0.503. The maximum absolute atomic E-state index is 13.7. The van der Waals surface area contributed by atoms with Crippen LogP contribution in [0.4, 0.5) is 15.8 Å². The second kappa shape index (κ2) is 8.42. The number of hydrogen-bond donors (Lipinski definition) is 2. The Morgan fingerprint density at radius 2 is 1.80 bits per heavy atom. The number of carbonyl (C=O) groups excluding carboxylic acids is 1. The number of benzene rings is 2. The average Bonchev–Trinajstić information content (AvgIpc) is 2.68. The van der Waals surface area contributed by atoms with Crippen molar-refractivity contribution >= 4 is 50.5 Å². The number of rotatable bonds is 5. The largest absolute Gasteiger partial charge is 0.324 e. The monoisotopic (exact) mass is 470 g/mol. The number of sulfonamides is 1. The van der Waals surface area contributed by atoms with Crippen LogP contribution >= 0.6 is 23.2 Å². The molecule has 0 fully saturated rings. The lowest BCUT2D eigenvalue weighted by Gasteiger charge is -2.11. The first kappa shape index (κ1) is 21.8. The third kappa shape index (κ3) is 4.61. The van der Waals surface area contributed by atoms with Crippen LogP contribution in [0.2, 0.25) is 10.0 Å². The minimum atomic E-state index is -4.04. The number of anilines is 2. The van der Waals surface area contributed by atoms with Crippen molar-refractivity contribution in [2.75, 3.05) is 10.0 Å². The second-order valence-corrected chi connectivity index (χ2v) is 8.47. The van der Waals surface area contributed by atoms with E-state index in [9.17, 15) is 22.4 Å². The molecule has 1 heterocycles. The van der Waals surface area contributed by atoms with E-state index in [4.69, 9.17) is 23.2 Å². The molecule has 156 valence electrons. The minimum absolute atomic E-state index is 0.000700. The number of amides is 1. The molecule has 3 rings (SSSR count). The zero-order valence-electron chi connectivity index (χ0n) is 15.2. The molecule has 0 spiro atoms. The van der Waals surface area contributed by atoms with Gasteiger partial charge in [-0.15, -0.1) is 0 Å². The first-order valence-electron chi connectivity index (χ1n) is 8.22. The predicted octanol–water partition coefficient (Wildman–Crippen LogP) is 3.44. The van der Waals surface area contributed by atoms with Gasteiger partial charge in [0.25, 0.3) is 15.6 Å². The fraction of sp³-hybridized carbons (Fsp3) is 0.0556. The molecule has 1 amide bonds. The highest BCUT2D eigenvalue weighted by Crippen LogP contribution is 2.23. The van der Waals surface area contributed by atoms with Crippen LogP contribution in [-0.4, -0.2) is 24.1 Å². The predicted molar refractivity (Wildman–Crippen MR) is 111 cm³/mol. The first-order valence-corrected chi connectivity index (χ1v) is 10.5. The Hall–Kier alpha value is -2.95. The summed E-state index contributed by atoms with van der Waals surface area (Å²) in [4.78, 5) is 23.2. The van der Waals surface area contributed by atoms with E-state index in [0.29, 0.717) is 0 Å². The quantitative estimate of drug-likeness (QED) is 0.593. The molecule has 0 unspecified atom stereocenters. The summed E-state index contributed by atoms with van der Waals surface area (Å²) >= 11 is 11.6. The molecular formula is C18H13Cl2FN4O4S. The van der Waals surface area contributed by atoms with Crippen LogP contribution < -0.4 is 15.6 Å². The standard InChI is InChI=1S/C18H13Cl2FN4O4S/c1-10(26)23-16-8-11(2-7-15(16)21)24-30(28,29)13-5-3-12(4-6-13)25-18(27)17(20)14(19)9-22-25/h2-9,24H,1H3,(H,23,26). The highest BCUT2D eigenvalue weighted by Gasteiger charge is 2.16. The average molecular weight is 471 g/mol. The molecule has 0 atom stereocenters. The molecule has 8 nitrogen and oxygen atoms in total. The van der Waals surface area contributed by atoms with E-state index in [0.717, 1.165) is 16.8 Å². The van der Waals surface area contributed by atoms with Crippen molar-refractivity contribution in [3.8, 4) is 5.69 Å². The molecule has 0 aliphatic carbocycles. The molecule has 2 N–H and O–H groups in total. The van der Waals surface area contributed by atoms with Gasteiger partial charge in [0.05, 0.1) is 33.2 Å². The van der Waals surface area contributed by atoms with E-state index in [1.165, 1.54) is 43.5 Å². The number of hydrogen-bond acceptors (Lipinski definition) is 5. The van der Waals surface area contributed by atoms with Crippen LogP contribution in [-0.2, 0) is 14.8 Å². The topological polar surface area (TPSA) is 110 Å². The van der Waals surface area contributed by atoms with Gasteiger partial charge in [0.1, 0.15) is 10.8 Å². The van der Waals surface area contributed by atoms with Gasteiger partial charge in [-0.25, -0.2) is 12.8 Å². The zero-order valence-corrected chi connectivity index (χ0v) is 17.5. The molecular weight excluding hydrogens is 458 g/mol. The second-order valence-electron chi connectivity index (χ2n) is 6.00. The Bertz CT molecular complexity index is 1290. The van der Waals surface area contributed by atoms with E-state index < -0.39 is 27.3 Å². The van der Waals surface area contributed by atoms with Gasteiger partial charge in [-0.05, 0) is 42.5 Å². The van der Waals surface area contributed by atoms with E-state index in [2.05, 4.69) is 15.1 Å². The maximum atomic E-state index is 13.7. The third-order valence-corrected chi connectivity index (χ3v) is 5.94. The number of nitrogens with zero attached hydrogens (tertiary/aromatic N) is 2. The molecule has 0 aliphatic rings. The van der Waals surface area contributed by atoms with Crippen LogP contribution in [0.1, 0.15) is 6.92 Å². The smallest absolute Gasteiger partial charge is 0.291 e. The minimum Gasteiger partial charge on any atom is -0.324 e. The number of aromatic nitrogens is 2. The summed E-state index contributed by atoms with van der Waals surface area (Å²) < 4.78 is 42.2. The summed E-state index contributed by atoms with van der Waals surface area (Å²) in [5, 5.41) is 5.92. The normalized spacial score (nSPS) is 11.2. The van der Waals surface area contributed by atoms with Gasteiger partial charge < -0.3 is 5.32 Å². The molecule has 3 aromatic rings. The van der Waals surface area contributed by atoms with Crippen LogP contribution in [0.15, 0.2) is 58.4 Å². The van der Waals surface area contributed by atoms with Crippen molar-refractivity contribution in [2.24, 2.45) is 0 Å². The lowest BCUT2D eigenvalue weighted by atomic mass is 10.2. The first-order chi connectivity index (χ1) is 14.1. The Morgan fingerprint density at radius 3 is 2.43 bits per heavy atom. The molecule has 2 aromatic carbocycles. The summed E-state index contributed by atoms with van der Waals surface area (Å²) in [7, 11) is -4.04. The molecule has 12 heteroatoms. The molecule has 0 saturated heterocycles. The summed E-state index contributed by atoms with van der Waals surface area (Å²) in [6.07, 6.45) is 1.19. The van der Waals surface area contributed by atoms with Crippen molar-refractivity contribution in [3.05, 3.63) is 74.9 Å². The fourth-order valence-corrected chi connectivity index (χ4v) is 3.75. The number of carbonyl (C=O) groups is 1. The zero-order chi connectivity index (χ0) is 22.1. The number of halogens is 3. The van der Waals surface area contributed by atoms with Crippen LogP contribution in [0.3, 0.4) is 0 Å². The highest BCUT2D eigenvalue weighted by molar-refractivity contribution is 7.92. The Labute approximate surface area is 180 Å². The maximum Gasteiger partial charge on any atom is 0.291 e. The van der Waals surface area contributed by atoms with Gasteiger partial charge >= 0.3 is 0 Å². The lowest BCUT2D eigenvalue weighted by Crippen LogP contribution is -2.21. The van der Waals surface area contributed by atoms with Crippen molar-refractivity contribution < 1.29 is 17.6 Å². The van der Waals surface area contributed by atoms with E-state index in [1.54, 1.807) is 0 Å². The molecule has 0 saturated carbocycles. The van der Waals surface area contributed by atoms with Gasteiger partial charge in [-0.3, -0.25) is 14.3 Å². The van der Waals surface area contributed by atoms with E-state index in [1.807, 2.05) is 0 Å². The Morgan fingerprint density at radius 1 is 1.13 bits per heavy atom. The van der Waals surface area contributed by atoms with Crippen molar-refractivity contribution in [1.82, 2.24) is 9.78 Å². The van der Waals surface area contributed by atoms with Crippen molar-refractivity contribution in [2.45, 2.75) is 11.8 Å². The summed E-state index contributed by atoms with van der Waals surface area (Å²) in [6.45, 7) is 1.20.